The monoisotopic (exact) mass is 400 g/mol. The van der Waals surface area contributed by atoms with E-state index in [1.807, 2.05) is 29.5 Å². The summed E-state index contributed by atoms with van der Waals surface area (Å²) in [7, 11) is 0. The van der Waals surface area contributed by atoms with Crippen LogP contribution in [0.25, 0.3) is 21.6 Å². The summed E-state index contributed by atoms with van der Waals surface area (Å²) in [6, 6.07) is 12.5. The minimum atomic E-state index is -0.365. The summed E-state index contributed by atoms with van der Waals surface area (Å²) in [4.78, 5) is 15.0. The highest BCUT2D eigenvalue weighted by atomic mass is 32.2. The van der Waals surface area contributed by atoms with Crippen LogP contribution >= 0.6 is 23.1 Å². The maximum absolute atomic E-state index is 11.4. The summed E-state index contributed by atoms with van der Waals surface area (Å²) in [6.07, 6.45) is 4.91. The van der Waals surface area contributed by atoms with Crippen LogP contribution in [0, 0.1) is 0 Å². The Balaban J connectivity index is 1.67. The molecule has 0 atom stereocenters. The Labute approximate surface area is 168 Å². The molecule has 0 fully saturated rings. The van der Waals surface area contributed by atoms with Gasteiger partial charge in [0, 0.05) is 20.7 Å². The molecule has 0 bridgehead atoms. The molecule has 0 unspecified atom stereocenters. The molecule has 27 heavy (non-hydrogen) atoms. The van der Waals surface area contributed by atoms with Crippen molar-refractivity contribution in [2.45, 2.75) is 44.4 Å². The van der Waals surface area contributed by atoms with Crippen LogP contribution in [0.3, 0.4) is 0 Å². The third-order valence-electron chi connectivity index (χ3n) is 4.19. The topological polar surface area (TPSA) is 39.4 Å². The second-order valence-electron chi connectivity index (χ2n) is 6.51. The molecule has 0 aliphatic rings. The zero-order chi connectivity index (χ0) is 19.2. The Bertz CT molecular complexity index is 936. The van der Waals surface area contributed by atoms with Crippen LogP contribution in [0.1, 0.15) is 38.0 Å². The molecule has 0 amide bonds. The third-order valence-corrected chi connectivity index (χ3v) is 6.17. The van der Waals surface area contributed by atoms with Gasteiger partial charge in [-0.3, -0.25) is 0 Å². The second-order valence-corrected chi connectivity index (χ2v) is 8.67. The summed E-state index contributed by atoms with van der Waals surface area (Å²) in [6.45, 7) is 7.45. The van der Waals surface area contributed by atoms with Crippen LogP contribution in [0.2, 0.25) is 0 Å². The second kappa shape index (κ2) is 9.29. The lowest BCUT2D eigenvalue weighted by molar-refractivity contribution is -0.136. The number of furan rings is 1. The Morgan fingerprint density at radius 1 is 1.22 bits per heavy atom. The fourth-order valence-corrected chi connectivity index (χ4v) is 4.35. The first-order chi connectivity index (χ1) is 13.1. The minimum Gasteiger partial charge on any atom is -0.455 e. The molecule has 0 aliphatic carbocycles. The molecule has 1 aromatic carbocycles. The van der Waals surface area contributed by atoms with Crippen molar-refractivity contribution >= 4 is 40.0 Å². The fourth-order valence-electron chi connectivity index (χ4n) is 2.69. The normalized spacial score (nSPS) is 11.0. The van der Waals surface area contributed by atoms with Gasteiger partial charge in [-0.1, -0.05) is 38.1 Å². The molecule has 0 N–H and O–H groups in total. The van der Waals surface area contributed by atoms with Crippen molar-refractivity contribution in [3.05, 3.63) is 53.4 Å². The Morgan fingerprint density at radius 2 is 2.07 bits per heavy atom. The first kappa shape index (κ1) is 19.8. The van der Waals surface area contributed by atoms with E-state index >= 15 is 0 Å². The van der Waals surface area contributed by atoms with Gasteiger partial charge in [0.25, 0.3) is 0 Å². The van der Waals surface area contributed by atoms with Crippen LogP contribution in [-0.2, 0) is 16.0 Å². The average Bonchev–Trinajstić information content (AvgIpc) is 3.28. The summed E-state index contributed by atoms with van der Waals surface area (Å²) in [5.41, 5.74) is 1.26. The largest absolute Gasteiger partial charge is 0.455 e. The van der Waals surface area contributed by atoms with Gasteiger partial charge in [-0.2, -0.15) is 0 Å². The van der Waals surface area contributed by atoms with Crippen LogP contribution in [0.5, 0.6) is 0 Å². The highest BCUT2D eigenvalue weighted by molar-refractivity contribution is 7.99. The molecule has 3 nitrogen and oxygen atoms in total. The van der Waals surface area contributed by atoms with E-state index in [0.29, 0.717) is 5.57 Å². The fraction of sp³-hybridized carbons (Fsp3) is 0.318. The van der Waals surface area contributed by atoms with Gasteiger partial charge in [0.05, 0.1) is 4.88 Å². The summed E-state index contributed by atoms with van der Waals surface area (Å²) in [5, 5.41) is 1.08. The first-order valence-electron chi connectivity index (χ1n) is 9.15. The van der Waals surface area contributed by atoms with Crippen molar-refractivity contribution in [1.82, 2.24) is 0 Å². The van der Waals surface area contributed by atoms with E-state index in [1.165, 1.54) is 40.8 Å². The molecule has 2 aromatic heterocycles. The Hall–Kier alpha value is -1.98. The maximum atomic E-state index is 11.4. The van der Waals surface area contributed by atoms with E-state index in [1.54, 1.807) is 6.92 Å². The number of unbranched alkanes of at least 4 members (excludes halogenated alkanes) is 2. The number of esters is 1. The van der Waals surface area contributed by atoms with E-state index in [2.05, 4.69) is 31.7 Å². The quantitative estimate of drug-likeness (QED) is 0.127. The minimum absolute atomic E-state index is 0.261. The van der Waals surface area contributed by atoms with Crippen molar-refractivity contribution in [2.75, 3.05) is 5.94 Å². The molecule has 5 heteroatoms. The predicted octanol–water partition coefficient (Wildman–Crippen LogP) is 7.06. The Morgan fingerprint density at radius 3 is 2.85 bits per heavy atom. The van der Waals surface area contributed by atoms with Crippen molar-refractivity contribution < 1.29 is 13.9 Å². The van der Waals surface area contributed by atoms with E-state index < -0.39 is 0 Å². The van der Waals surface area contributed by atoms with Gasteiger partial charge in [-0.25, -0.2) is 4.79 Å². The van der Waals surface area contributed by atoms with Crippen molar-refractivity contribution in [2.24, 2.45) is 0 Å². The van der Waals surface area contributed by atoms with Crippen molar-refractivity contribution in [3.8, 4) is 10.6 Å². The molecule has 0 spiro atoms. The van der Waals surface area contributed by atoms with Gasteiger partial charge in [0.2, 0.25) is 0 Å². The van der Waals surface area contributed by atoms with Gasteiger partial charge in [0.1, 0.15) is 17.3 Å². The lowest BCUT2D eigenvalue weighted by Crippen LogP contribution is -2.03. The predicted molar refractivity (Wildman–Crippen MR) is 114 cm³/mol. The number of fused-ring (bicyclic) bond motifs is 1. The molecule has 2 heterocycles. The van der Waals surface area contributed by atoms with E-state index in [0.717, 1.165) is 28.0 Å². The van der Waals surface area contributed by atoms with Crippen molar-refractivity contribution in [1.29, 1.82) is 0 Å². The number of thioether (sulfide) groups is 1. The lowest BCUT2D eigenvalue weighted by atomic mass is 10.2. The highest BCUT2D eigenvalue weighted by Gasteiger charge is 2.10. The zero-order valence-corrected chi connectivity index (χ0v) is 17.4. The summed E-state index contributed by atoms with van der Waals surface area (Å²) >= 11 is 3.27. The van der Waals surface area contributed by atoms with Crippen LogP contribution < -0.4 is 0 Å². The first-order valence-corrected chi connectivity index (χ1v) is 10.9. The molecular formula is C22H24O3S2. The molecule has 3 rings (SSSR count). The molecule has 3 aromatic rings. The molecule has 0 radical (unpaired) electrons. The van der Waals surface area contributed by atoms with Gasteiger partial charge < -0.3 is 9.15 Å². The number of benzene rings is 1. The maximum Gasteiger partial charge on any atom is 0.333 e. The van der Waals surface area contributed by atoms with Crippen LogP contribution in [-0.4, -0.2) is 11.9 Å². The number of hydrogen-bond donors (Lipinski definition) is 0. The number of ether oxygens (including phenoxy) is 1. The van der Waals surface area contributed by atoms with Gasteiger partial charge in [-0.05, 0) is 56.2 Å². The number of aryl methyl sites for hydroxylation is 1. The smallest absolute Gasteiger partial charge is 0.333 e. The standard InChI is InChI=1S/C22H24O3S2/c1-4-5-6-7-17-10-11-21(27-17)20-12-16-8-9-18(13-19(16)25-20)26-14-24-22(23)15(2)3/h8-13H,2,4-7,14H2,1,3H3. The van der Waals surface area contributed by atoms with E-state index in [9.17, 15) is 4.79 Å². The molecule has 0 aliphatic heterocycles. The number of carbonyl (C=O) groups excluding carboxylic acids is 1. The summed E-state index contributed by atoms with van der Waals surface area (Å²) < 4.78 is 11.2. The number of hydrogen-bond acceptors (Lipinski definition) is 5. The molecule has 0 saturated carbocycles. The van der Waals surface area contributed by atoms with Crippen LogP contribution in [0.4, 0.5) is 0 Å². The molecule has 142 valence electrons. The van der Waals surface area contributed by atoms with E-state index in [-0.39, 0.29) is 11.9 Å². The molecule has 0 saturated heterocycles. The zero-order valence-electron chi connectivity index (χ0n) is 15.7. The number of carbonyl (C=O) groups is 1. The number of rotatable bonds is 9. The SMILES string of the molecule is C=C(C)C(=O)OCSc1ccc2cc(-c3ccc(CCCCC)s3)oc2c1. The van der Waals surface area contributed by atoms with Crippen molar-refractivity contribution in [3.63, 3.8) is 0 Å². The third kappa shape index (κ3) is 5.27. The van der Waals surface area contributed by atoms with Gasteiger partial charge in [0.15, 0.2) is 0 Å². The average molecular weight is 401 g/mol. The van der Waals surface area contributed by atoms with E-state index in [4.69, 9.17) is 9.15 Å². The molecular weight excluding hydrogens is 376 g/mol. The summed E-state index contributed by atoms with van der Waals surface area (Å²) in [5.74, 6) is 0.806. The van der Waals surface area contributed by atoms with Crippen LogP contribution in [0.15, 0.2) is 57.9 Å². The highest BCUT2D eigenvalue weighted by Crippen LogP contribution is 2.34. The lowest BCUT2D eigenvalue weighted by Gasteiger charge is -2.03. The van der Waals surface area contributed by atoms with Gasteiger partial charge in [-0.15, -0.1) is 11.3 Å². The van der Waals surface area contributed by atoms with Gasteiger partial charge >= 0.3 is 5.97 Å². The number of thiophene rings is 1. The Kier molecular flexibility index (Phi) is 6.80.